The number of amides is 1. The highest BCUT2D eigenvalue weighted by Crippen LogP contribution is 1.97. The monoisotopic (exact) mass is 221 g/mol. The van der Waals surface area contributed by atoms with Gasteiger partial charge >= 0.3 is 0 Å². The van der Waals surface area contributed by atoms with E-state index in [0.29, 0.717) is 13.2 Å². The van der Waals surface area contributed by atoms with E-state index in [1.54, 1.807) is 6.92 Å². The van der Waals surface area contributed by atoms with Crippen LogP contribution in [-0.2, 0) is 16.1 Å². The number of nitrogens with one attached hydrogen (secondary N) is 1. The van der Waals surface area contributed by atoms with Crippen LogP contribution in [0.3, 0.4) is 0 Å². The second-order valence-corrected chi connectivity index (χ2v) is 3.12. The molecule has 1 aromatic carbocycles. The van der Waals surface area contributed by atoms with Gasteiger partial charge in [0, 0.05) is 6.54 Å². The predicted octanol–water partition coefficient (Wildman–Crippen LogP) is 1.74. The van der Waals surface area contributed by atoms with Gasteiger partial charge in [0.15, 0.2) is 0 Å². The molecule has 0 aliphatic carbocycles. The van der Waals surface area contributed by atoms with Crippen LogP contribution in [0.15, 0.2) is 42.4 Å². The summed E-state index contributed by atoms with van der Waals surface area (Å²) in [5.41, 5.74) is 1.00. The number of hydrogen-bond donors (Lipinski definition) is 2. The highest BCUT2D eigenvalue weighted by Gasteiger charge is 2.00. The number of carbonyl (C=O) groups excluding carboxylic acids is 1. The predicted molar refractivity (Wildman–Crippen MR) is 60.6 cm³/mol. The fourth-order valence-electron chi connectivity index (χ4n) is 1.14. The van der Waals surface area contributed by atoms with Crippen LogP contribution < -0.4 is 5.32 Å². The summed E-state index contributed by atoms with van der Waals surface area (Å²) in [5.74, 6) is -0.747. The van der Waals surface area contributed by atoms with E-state index in [2.05, 4.69) is 5.32 Å². The Labute approximate surface area is 94.6 Å². The molecule has 1 rings (SSSR count). The third kappa shape index (κ3) is 4.50. The molecule has 1 amide bonds. The van der Waals surface area contributed by atoms with Gasteiger partial charge in [0.25, 0.3) is 11.9 Å². The first-order chi connectivity index (χ1) is 7.72. The van der Waals surface area contributed by atoms with Gasteiger partial charge in [-0.1, -0.05) is 30.3 Å². The molecule has 0 unspecified atom stereocenters. The molecular weight excluding hydrogens is 206 g/mol. The molecule has 0 aliphatic heterocycles. The molecule has 0 spiro atoms. The van der Waals surface area contributed by atoms with Gasteiger partial charge in [-0.05, 0) is 12.5 Å². The molecule has 0 fully saturated rings. The highest BCUT2D eigenvalue weighted by molar-refractivity contribution is 5.87. The van der Waals surface area contributed by atoms with Crippen molar-refractivity contribution in [3.63, 3.8) is 0 Å². The molecule has 0 aromatic heterocycles. The van der Waals surface area contributed by atoms with Crippen LogP contribution in [0, 0.1) is 0 Å². The highest BCUT2D eigenvalue weighted by atomic mass is 16.6. The van der Waals surface area contributed by atoms with Crippen molar-refractivity contribution in [3.8, 4) is 0 Å². The molecular formula is C12H15NO3. The average molecular weight is 221 g/mol. The zero-order valence-corrected chi connectivity index (χ0v) is 9.14. The smallest absolute Gasteiger partial charge is 0.282 e. The van der Waals surface area contributed by atoms with Gasteiger partial charge in [-0.25, -0.2) is 0 Å². The molecule has 1 aromatic rings. The number of hydrogen-bond acceptors (Lipinski definition) is 3. The van der Waals surface area contributed by atoms with Crippen LogP contribution in [0.1, 0.15) is 12.5 Å². The molecule has 0 heterocycles. The van der Waals surface area contributed by atoms with E-state index in [1.807, 2.05) is 30.3 Å². The normalized spacial score (nSPS) is 10.9. The number of carbonyl (C=O) groups is 1. The Morgan fingerprint density at radius 1 is 1.44 bits per heavy atom. The van der Waals surface area contributed by atoms with E-state index in [9.17, 15) is 4.79 Å². The van der Waals surface area contributed by atoms with E-state index in [-0.39, 0.29) is 11.9 Å². The molecule has 16 heavy (non-hydrogen) atoms. The molecule has 2 N–H and O–H groups in total. The minimum atomic E-state index is -0.380. The Kier molecular flexibility index (Phi) is 4.92. The molecule has 0 saturated carbocycles. The molecule has 0 saturated heterocycles. The minimum absolute atomic E-state index is 0.328. The van der Waals surface area contributed by atoms with Crippen LogP contribution >= 0.6 is 0 Å². The van der Waals surface area contributed by atoms with Crippen molar-refractivity contribution in [1.29, 1.82) is 0 Å². The number of benzene rings is 1. The maximum atomic E-state index is 11.3. The topological polar surface area (TPSA) is 58.6 Å². The third-order valence-corrected chi connectivity index (χ3v) is 1.86. The van der Waals surface area contributed by atoms with Crippen molar-refractivity contribution in [2.24, 2.45) is 0 Å². The number of ether oxygens (including phenoxy) is 1. The lowest BCUT2D eigenvalue weighted by atomic mass is 10.2. The molecule has 4 heteroatoms. The van der Waals surface area contributed by atoms with E-state index >= 15 is 0 Å². The van der Waals surface area contributed by atoms with Gasteiger partial charge < -0.3 is 15.2 Å². The summed E-state index contributed by atoms with van der Waals surface area (Å²) in [6, 6.07) is 9.52. The van der Waals surface area contributed by atoms with Crippen LogP contribution in [0.4, 0.5) is 0 Å². The van der Waals surface area contributed by atoms with Gasteiger partial charge in [0.1, 0.15) is 0 Å². The van der Waals surface area contributed by atoms with Gasteiger partial charge in [-0.15, -0.1) is 0 Å². The maximum absolute atomic E-state index is 11.3. The first-order valence-electron chi connectivity index (χ1n) is 5.07. The summed E-state index contributed by atoms with van der Waals surface area (Å²) >= 11 is 0. The number of rotatable bonds is 5. The summed E-state index contributed by atoms with van der Waals surface area (Å²) in [6.07, 6.45) is 1.02. The quantitative estimate of drug-likeness (QED) is 0.588. The van der Waals surface area contributed by atoms with Gasteiger partial charge in [-0.2, -0.15) is 0 Å². The summed E-state index contributed by atoms with van der Waals surface area (Å²) in [4.78, 5) is 11.3. The standard InChI is InChI=1S/C12H15NO3/c1-2-16-12(15)8-11(14)13-9-10-6-4-3-5-7-10/h3-8,15H,2,9H2,1H3,(H,13,14)/b12-8+. The fraction of sp³-hybridized carbons (Fsp3) is 0.250. The lowest BCUT2D eigenvalue weighted by Gasteiger charge is -2.03. The van der Waals surface area contributed by atoms with E-state index in [0.717, 1.165) is 11.6 Å². The summed E-state index contributed by atoms with van der Waals surface area (Å²) in [5, 5.41) is 11.7. The van der Waals surface area contributed by atoms with Crippen molar-refractivity contribution in [2.75, 3.05) is 6.61 Å². The van der Waals surface area contributed by atoms with Crippen LogP contribution in [0.25, 0.3) is 0 Å². The molecule has 0 bridgehead atoms. The zero-order chi connectivity index (χ0) is 11.8. The summed E-state index contributed by atoms with van der Waals surface area (Å²) in [7, 11) is 0. The second-order valence-electron chi connectivity index (χ2n) is 3.12. The minimum Gasteiger partial charge on any atom is -0.481 e. The second kappa shape index (κ2) is 6.50. The lowest BCUT2D eigenvalue weighted by molar-refractivity contribution is -0.117. The lowest BCUT2D eigenvalue weighted by Crippen LogP contribution is -2.21. The molecule has 0 atom stereocenters. The van der Waals surface area contributed by atoms with E-state index in [1.165, 1.54) is 0 Å². The summed E-state index contributed by atoms with van der Waals surface area (Å²) < 4.78 is 4.72. The van der Waals surface area contributed by atoms with Crippen molar-refractivity contribution in [2.45, 2.75) is 13.5 Å². The molecule has 0 radical (unpaired) electrons. The maximum Gasteiger partial charge on any atom is 0.282 e. The largest absolute Gasteiger partial charge is 0.481 e. The molecule has 0 aliphatic rings. The Morgan fingerprint density at radius 3 is 2.75 bits per heavy atom. The van der Waals surface area contributed by atoms with E-state index in [4.69, 9.17) is 9.84 Å². The Bertz CT molecular complexity index is 360. The van der Waals surface area contributed by atoms with Gasteiger partial charge in [0.05, 0.1) is 12.7 Å². The van der Waals surface area contributed by atoms with Gasteiger partial charge in [-0.3, -0.25) is 4.79 Å². The number of aliphatic hydroxyl groups excluding tert-OH is 1. The Balaban J connectivity index is 2.39. The zero-order valence-electron chi connectivity index (χ0n) is 9.14. The first-order valence-corrected chi connectivity index (χ1v) is 5.07. The average Bonchev–Trinajstić information content (AvgIpc) is 2.28. The Morgan fingerprint density at radius 2 is 2.12 bits per heavy atom. The van der Waals surface area contributed by atoms with Crippen LogP contribution in [0.2, 0.25) is 0 Å². The van der Waals surface area contributed by atoms with Crippen molar-refractivity contribution in [1.82, 2.24) is 5.32 Å². The van der Waals surface area contributed by atoms with Crippen molar-refractivity contribution in [3.05, 3.63) is 47.9 Å². The summed E-state index contributed by atoms with van der Waals surface area (Å²) in [6.45, 7) is 2.48. The number of aliphatic hydroxyl groups is 1. The van der Waals surface area contributed by atoms with E-state index < -0.39 is 0 Å². The van der Waals surface area contributed by atoms with Gasteiger partial charge in [0.2, 0.25) is 0 Å². The van der Waals surface area contributed by atoms with Crippen LogP contribution in [0.5, 0.6) is 0 Å². The van der Waals surface area contributed by atoms with Crippen molar-refractivity contribution >= 4 is 5.91 Å². The Hall–Kier alpha value is -1.97. The SMILES string of the molecule is CCO/C(O)=C/C(=O)NCc1ccccc1. The first kappa shape index (κ1) is 12.1. The molecule has 4 nitrogen and oxygen atoms in total. The molecule has 86 valence electrons. The van der Waals surface area contributed by atoms with Crippen LogP contribution in [-0.4, -0.2) is 17.6 Å². The third-order valence-electron chi connectivity index (χ3n) is 1.86. The van der Waals surface area contributed by atoms with Crippen molar-refractivity contribution < 1.29 is 14.6 Å². The fourth-order valence-corrected chi connectivity index (χ4v) is 1.14.